The second-order valence-electron chi connectivity index (χ2n) is 6.40. The Kier molecular flexibility index (Phi) is 4.39. The van der Waals surface area contributed by atoms with Crippen molar-refractivity contribution < 1.29 is 14.3 Å². The number of hydrogen-bond acceptors (Lipinski definition) is 4. The van der Waals surface area contributed by atoms with Gasteiger partial charge in [-0.3, -0.25) is 9.59 Å². The molecule has 2 aliphatic rings. The van der Waals surface area contributed by atoms with E-state index >= 15 is 0 Å². The number of imidazole rings is 1. The number of carbonyl (C=O) groups is 2. The Morgan fingerprint density at radius 1 is 1.35 bits per heavy atom. The number of rotatable bonds is 4. The van der Waals surface area contributed by atoms with Crippen molar-refractivity contribution in [3.8, 4) is 0 Å². The lowest BCUT2D eigenvalue weighted by Crippen LogP contribution is -2.61. The van der Waals surface area contributed by atoms with Crippen molar-refractivity contribution in [1.29, 1.82) is 0 Å². The predicted molar refractivity (Wildman–Crippen MR) is 83.9 cm³/mol. The van der Waals surface area contributed by atoms with Crippen molar-refractivity contribution in [2.24, 2.45) is 7.05 Å². The highest BCUT2D eigenvalue weighted by molar-refractivity contribution is 5.98. The molecule has 0 radical (unpaired) electrons. The summed E-state index contributed by atoms with van der Waals surface area (Å²) in [5.74, 6) is -0.0624. The summed E-state index contributed by atoms with van der Waals surface area (Å²) in [5, 5.41) is 0. The molecule has 2 saturated heterocycles. The lowest BCUT2D eigenvalue weighted by molar-refractivity contribution is -0.146. The number of methoxy groups -OCH3 is 1. The van der Waals surface area contributed by atoms with Crippen LogP contribution in [0.25, 0.3) is 0 Å². The van der Waals surface area contributed by atoms with Crippen LogP contribution in [0.1, 0.15) is 36.2 Å². The van der Waals surface area contributed by atoms with E-state index in [4.69, 9.17) is 4.74 Å². The van der Waals surface area contributed by atoms with Gasteiger partial charge in [-0.1, -0.05) is 0 Å². The summed E-state index contributed by atoms with van der Waals surface area (Å²) in [5.41, 5.74) is -0.267. The molecule has 7 heteroatoms. The fourth-order valence-electron chi connectivity index (χ4n) is 3.80. The van der Waals surface area contributed by atoms with E-state index in [1.807, 2.05) is 11.9 Å². The van der Waals surface area contributed by atoms with Gasteiger partial charge in [0.1, 0.15) is 11.2 Å². The van der Waals surface area contributed by atoms with Crippen LogP contribution in [0.5, 0.6) is 0 Å². The Balaban J connectivity index is 1.84. The topological polar surface area (TPSA) is 67.7 Å². The van der Waals surface area contributed by atoms with Crippen LogP contribution in [-0.2, 0) is 16.6 Å². The van der Waals surface area contributed by atoms with Gasteiger partial charge in [-0.05, 0) is 25.7 Å². The number of aryl methyl sites for hydroxylation is 1. The number of carbonyl (C=O) groups excluding carboxylic acids is 2. The summed E-state index contributed by atoms with van der Waals surface area (Å²) in [6.45, 7) is 2.48. The monoisotopic (exact) mass is 320 g/mol. The molecule has 0 bridgehead atoms. The van der Waals surface area contributed by atoms with Gasteiger partial charge >= 0.3 is 0 Å². The maximum Gasteiger partial charge on any atom is 0.274 e. The molecule has 2 fully saturated rings. The highest BCUT2D eigenvalue weighted by Crippen LogP contribution is 2.38. The molecule has 3 heterocycles. The second kappa shape index (κ2) is 6.31. The maximum absolute atomic E-state index is 13.1. The average Bonchev–Trinajstić information content (AvgIpc) is 3.15. The van der Waals surface area contributed by atoms with Gasteiger partial charge in [0.15, 0.2) is 0 Å². The molecule has 1 unspecified atom stereocenters. The van der Waals surface area contributed by atoms with Crippen molar-refractivity contribution in [3.63, 3.8) is 0 Å². The van der Waals surface area contributed by atoms with E-state index in [0.717, 1.165) is 32.2 Å². The van der Waals surface area contributed by atoms with Crippen molar-refractivity contribution in [2.75, 3.05) is 33.4 Å². The van der Waals surface area contributed by atoms with Crippen molar-refractivity contribution >= 4 is 11.8 Å². The van der Waals surface area contributed by atoms with Gasteiger partial charge in [0.2, 0.25) is 5.91 Å². The number of ether oxygens (including phenoxy) is 1. The van der Waals surface area contributed by atoms with Crippen LogP contribution >= 0.6 is 0 Å². The minimum absolute atomic E-state index is 0.0718. The predicted octanol–water partition coefficient (Wildman–Crippen LogP) is 0.664. The molecular formula is C16H24N4O3. The third-order valence-corrected chi connectivity index (χ3v) is 4.93. The van der Waals surface area contributed by atoms with Crippen LogP contribution in [0, 0.1) is 0 Å². The molecule has 1 aromatic heterocycles. The number of nitrogens with zero attached hydrogens (tertiary/aromatic N) is 4. The van der Waals surface area contributed by atoms with Gasteiger partial charge in [-0.25, -0.2) is 4.98 Å². The van der Waals surface area contributed by atoms with Crippen LogP contribution in [0.2, 0.25) is 0 Å². The first-order valence-electron chi connectivity index (χ1n) is 8.17. The highest BCUT2D eigenvalue weighted by atomic mass is 16.5. The molecule has 126 valence electrons. The molecule has 23 heavy (non-hydrogen) atoms. The number of aromatic nitrogens is 2. The van der Waals surface area contributed by atoms with Crippen LogP contribution < -0.4 is 0 Å². The maximum atomic E-state index is 13.1. The average molecular weight is 320 g/mol. The van der Waals surface area contributed by atoms with Crippen molar-refractivity contribution in [2.45, 2.75) is 31.2 Å². The third-order valence-electron chi connectivity index (χ3n) is 4.93. The minimum Gasteiger partial charge on any atom is -0.383 e. The van der Waals surface area contributed by atoms with E-state index < -0.39 is 5.54 Å². The van der Waals surface area contributed by atoms with E-state index in [0.29, 0.717) is 25.4 Å². The third kappa shape index (κ3) is 2.73. The number of amides is 2. The first-order chi connectivity index (χ1) is 11.1. The summed E-state index contributed by atoms with van der Waals surface area (Å²) >= 11 is 0. The molecule has 0 aromatic carbocycles. The molecule has 1 aromatic rings. The Labute approximate surface area is 136 Å². The fraction of sp³-hybridized carbons (Fsp3) is 0.688. The summed E-state index contributed by atoms with van der Waals surface area (Å²) in [7, 11) is 3.47. The van der Waals surface area contributed by atoms with E-state index in [-0.39, 0.29) is 11.8 Å². The van der Waals surface area contributed by atoms with E-state index in [1.165, 1.54) is 0 Å². The Morgan fingerprint density at radius 3 is 2.74 bits per heavy atom. The van der Waals surface area contributed by atoms with Gasteiger partial charge in [0, 0.05) is 40.0 Å². The van der Waals surface area contributed by atoms with Crippen LogP contribution in [0.3, 0.4) is 0 Å². The molecule has 0 aliphatic carbocycles. The Hall–Kier alpha value is -1.89. The van der Waals surface area contributed by atoms with Gasteiger partial charge in [0.25, 0.3) is 5.91 Å². The summed E-state index contributed by atoms with van der Waals surface area (Å²) in [6.07, 6.45) is 6.60. The van der Waals surface area contributed by atoms with E-state index in [1.54, 1.807) is 29.1 Å². The first-order valence-corrected chi connectivity index (χ1v) is 8.17. The summed E-state index contributed by atoms with van der Waals surface area (Å²) in [4.78, 5) is 33.7. The van der Waals surface area contributed by atoms with Gasteiger partial charge in [-0.15, -0.1) is 0 Å². The smallest absolute Gasteiger partial charge is 0.274 e. The van der Waals surface area contributed by atoms with Crippen molar-refractivity contribution in [1.82, 2.24) is 19.4 Å². The molecule has 2 aliphatic heterocycles. The zero-order chi connectivity index (χ0) is 16.4. The van der Waals surface area contributed by atoms with Crippen LogP contribution in [0.15, 0.2) is 12.5 Å². The van der Waals surface area contributed by atoms with E-state index in [9.17, 15) is 9.59 Å². The molecule has 1 atom stereocenters. The normalized spacial score (nSPS) is 24.7. The quantitative estimate of drug-likeness (QED) is 0.817. The molecular weight excluding hydrogens is 296 g/mol. The highest BCUT2D eigenvalue weighted by Gasteiger charge is 2.52. The van der Waals surface area contributed by atoms with Gasteiger partial charge in [0.05, 0.1) is 12.9 Å². The number of likely N-dealkylation sites (tertiary alicyclic amines) is 2. The molecule has 0 saturated carbocycles. The molecule has 7 nitrogen and oxygen atoms in total. The number of piperidine rings is 1. The summed E-state index contributed by atoms with van der Waals surface area (Å²) in [6, 6.07) is 0. The lowest BCUT2D eigenvalue weighted by atomic mass is 9.85. The molecule has 1 spiro atoms. The van der Waals surface area contributed by atoms with Gasteiger partial charge < -0.3 is 19.1 Å². The van der Waals surface area contributed by atoms with Gasteiger partial charge in [-0.2, -0.15) is 0 Å². The fourth-order valence-corrected chi connectivity index (χ4v) is 3.80. The number of hydrogen-bond donors (Lipinski definition) is 0. The largest absolute Gasteiger partial charge is 0.383 e. The van der Waals surface area contributed by atoms with E-state index in [2.05, 4.69) is 4.98 Å². The SMILES string of the molecule is COCCN1CCCC2(CCCN2C(=O)c2cn(C)cn2)C1=O. The standard InChI is InChI=1S/C16H24N4O3/c1-18-11-13(17-12-18)14(21)20-8-4-6-16(20)5-3-7-19(15(16)22)9-10-23-2/h11-12H,3-10H2,1-2H3. The van der Waals surface area contributed by atoms with Crippen LogP contribution in [0.4, 0.5) is 0 Å². The minimum atomic E-state index is -0.680. The lowest BCUT2D eigenvalue weighted by Gasteiger charge is -2.44. The zero-order valence-corrected chi connectivity index (χ0v) is 13.8. The van der Waals surface area contributed by atoms with Crippen LogP contribution in [-0.4, -0.2) is 70.1 Å². The Bertz CT molecular complexity index is 600. The van der Waals surface area contributed by atoms with Crippen molar-refractivity contribution in [3.05, 3.63) is 18.2 Å². The molecule has 3 rings (SSSR count). The Morgan fingerprint density at radius 2 is 2.09 bits per heavy atom. The first kappa shape index (κ1) is 16.0. The molecule has 2 amide bonds. The summed E-state index contributed by atoms with van der Waals surface area (Å²) < 4.78 is 6.86. The molecule has 0 N–H and O–H groups in total. The zero-order valence-electron chi connectivity index (χ0n) is 13.8. The second-order valence-corrected chi connectivity index (χ2v) is 6.40.